The van der Waals surface area contributed by atoms with E-state index in [1.54, 1.807) is 6.92 Å². The van der Waals surface area contributed by atoms with Gasteiger partial charge in [0, 0.05) is 11.1 Å². The summed E-state index contributed by atoms with van der Waals surface area (Å²) in [7, 11) is -3.77. The molecule has 0 saturated heterocycles. The first-order chi connectivity index (χ1) is 13.1. The molecule has 0 aromatic heterocycles. The van der Waals surface area contributed by atoms with Crippen LogP contribution in [0, 0.1) is 23.2 Å². The summed E-state index contributed by atoms with van der Waals surface area (Å²) in [4.78, 5) is 25.5. The van der Waals surface area contributed by atoms with Crippen LogP contribution < -0.4 is 15.8 Å². The van der Waals surface area contributed by atoms with Crippen LogP contribution in [0.3, 0.4) is 0 Å². The maximum atomic E-state index is 13.0. The van der Waals surface area contributed by atoms with E-state index >= 15 is 0 Å². The minimum absolute atomic E-state index is 0.0128. The number of carbonyl (C=O) groups excluding carboxylic acids is 2. The van der Waals surface area contributed by atoms with Gasteiger partial charge < -0.3 is 10.6 Å². The number of carbonyl (C=O) groups is 2. The van der Waals surface area contributed by atoms with Crippen LogP contribution in [0.5, 0.6) is 0 Å². The molecule has 0 spiro atoms. The molecule has 4 aliphatic rings. The van der Waals surface area contributed by atoms with Crippen LogP contribution >= 0.6 is 0 Å². The minimum Gasteiger partial charge on any atom is -0.344 e. The fraction of sp³-hybridized carbons (Fsp3) is 0.600. The number of nitrogens with one attached hydrogen (secondary N) is 2. The third kappa shape index (κ3) is 3.67. The molecule has 4 fully saturated rings. The molecule has 4 N–H and O–H groups in total. The maximum absolute atomic E-state index is 13.0. The summed E-state index contributed by atoms with van der Waals surface area (Å²) in [5.41, 5.74) is 0.161. The molecule has 0 unspecified atom stereocenters. The normalized spacial score (nSPS) is 32.0. The zero-order valence-corrected chi connectivity index (χ0v) is 16.8. The molecular formula is C20H27N3O4S. The first-order valence-corrected chi connectivity index (χ1v) is 11.4. The van der Waals surface area contributed by atoms with E-state index in [0.29, 0.717) is 23.4 Å². The van der Waals surface area contributed by atoms with Gasteiger partial charge >= 0.3 is 0 Å². The molecule has 1 atom stereocenters. The number of sulfonamides is 1. The van der Waals surface area contributed by atoms with Crippen molar-refractivity contribution in [2.45, 2.75) is 56.4 Å². The van der Waals surface area contributed by atoms with Gasteiger partial charge in [0.15, 0.2) is 0 Å². The van der Waals surface area contributed by atoms with Crippen LogP contribution in [0.15, 0.2) is 29.2 Å². The second-order valence-electron chi connectivity index (χ2n) is 8.95. The Kier molecular flexibility index (Phi) is 4.74. The van der Waals surface area contributed by atoms with Crippen LogP contribution in [0.4, 0.5) is 5.69 Å². The molecule has 4 bridgehead atoms. The van der Waals surface area contributed by atoms with E-state index in [1.165, 1.54) is 43.5 Å². The van der Waals surface area contributed by atoms with Crippen molar-refractivity contribution in [2.75, 3.05) is 5.32 Å². The maximum Gasteiger partial charge on any atom is 0.246 e. The Morgan fingerprint density at radius 2 is 1.54 bits per heavy atom. The van der Waals surface area contributed by atoms with Gasteiger partial charge in [-0.1, -0.05) is 0 Å². The predicted octanol–water partition coefficient (Wildman–Crippen LogP) is 1.99. The van der Waals surface area contributed by atoms with Crippen molar-refractivity contribution >= 4 is 27.5 Å². The van der Waals surface area contributed by atoms with Crippen molar-refractivity contribution in [3.05, 3.63) is 24.3 Å². The lowest BCUT2D eigenvalue weighted by Gasteiger charge is -2.55. The quantitative estimate of drug-likeness (QED) is 0.694. The summed E-state index contributed by atoms with van der Waals surface area (Å²) in [6.45, 7) is 1.67. The topological polar surface area (TPSA) is 118 Å². The largest absolute Gasteiger partial charge is 0.344 e. The number of amides is 2. The molecule has 7 nitrogen and oxygen atoms in total. The van der Waals surface area contributed by atoms with Crippen molar-refractivity contribution < 1.29 is 18.0 Å². The van der Waals surface area contributed by atoms with Gasteiger partial charge in [0.2, 0.25) is 21.8 Å². The Hall–Kier alpha value is -1.93. The highest BCUT2D eigenvalue weighted by Crippen LogP contribution is 2.60. The van der Waals surface area contributed by atoms with E-state index < -0.39 is 16.1 Å². The molecule has 5 rings (SSSR count). The van der Waals surface area contributed by atoms with Crippen LogP contribution in [0.2, 0.25) is 0 Å². The van der Waals surface area contributed by atoms with Crippen LogP contribution in [0.1, 0.15) is 45.4 Å². The Balaban J connectivity index is 1.37. The summed E-state index contributed by atoms with van der Waals surface area (Å²) in [6.07, 6.45) is 6.64. The molecule has 4 aliphatic carbocycles. The molecule has 1 aromatic rings. The van der Waals surface area contributed by atoms with Crippen molar-refractivity contribution in [2.24, 2.45) is 28.3 Å². The highest BCUT2D eigenvalue weighted by atomic mass is 32.2. The van der Waals surface area contributed by atoms with E-state index in [-0.39, 0.29) is 22.1 Å². The van der Waals surface area contributed by atoms with Crippen molar-refractivity contribution in [1.29, 1.82) is 0 Å². The molecule has 8 heteroatoms. The summed E-state index contributed by atoms with van der Waals surface area (Å²) in [6, 6.07) is 4.96. The fourth-order valence-corrected chi connectivity index (χ4v) is 6.30. The van der Waals surface area contributed by atoms with Crippen molar-refractivity contribution in [3.8, 4) is 0 Å². The van der Waals surface area contributed by atoms with Gasteiger partial charge in [0.1, 0.15) is 6.04 Å². The Bertz CT molecular complexity index is 859. The van der Waals surface area contributed by atoms with E-state index in [2.05, 4.69) is 10.6 Å². The molecule has 0 aliphatic heterocycles. The first-order valence-electron chi connectivity index (χ1n) is 9.89. The molecule has 4 saturated carbocycles. The summed E-state index contributed by atoms with van der Waals surface area (Å²) < 4.78 is 22.6. The van der Waals surface area contributed by atoms with Crippen molar-refractivity contribution in [1.82, 2.24) is 5.32 Å². The predicted molar refractivity (Wildman–Crippen MR) is 105 cm³/mol. The number of hydrogen-bond donors (Lipinski definition) is 3. The van der Waals surface area contributed by atoms with E-state index in [1.807, 2.05) is 0 Å². The fourth-order valence-electron chi connectivity index (χ4n) is 5.78. The standard InChI is InChI=1S/C20H27N3O4S/c1-12(18(24)23-16-2-4-17(5-3-16)28(21,26)27)22-19(25)20-9-13-6-14(10-20)8-15(7-13)11-20/h2-5,12-15H,6-11H2,1H3,(H,22,25)(H,23,24)(H2,21,26,27)/t12-,13?,14?,15?,20?/m0/s1. The summed E-state index contributed by atoms with van der Waals surface area (Å²) >= 11 is 0. The van der Waals surface area contributed by atoms with Gasteiger partial charge in [-0.2, -0.15) is 0 Å². The molecule has 0 radical (unpaired) electrons. The lowest BCUT2D eigenvalue weighted by molar-refractivity contribution is -0.147. The second kappa shape index (κ2) is 6.84. The van der Waals surface area contributed by atoms with E-state index in [4.69, 9.17) is 5.14 Å². The minimum atomic E-state index is -3.77. The zero-order valence-electron chi connectivity index (χ0n) is 16.0. The van der Waals surface area contributed by atoms with Crippen molar-refractivity contribution in [3.63, 3.8) is 0 Å². The number of rotatable bonds is 5. The van der Waals surface area contributed by atoms with Gasteiger partial charge in [0.05, 0.1) is 4.90 Å². The SMILES string of the molecule is C[C@H](NC(=O)C12CC3CC(CC(C3)C1)C2)C(=O)Nc1ccc(S(N)(=O)=O)cc1. The smallest absolute Gasteiger partial charge is 0.246 e. The van der Waals surface area contributed by atoms with E-state index in [9.17, 15) is 18.0 Å². The van der Waals surface area contributed by atoms with Gasteiger partial charge in [-0.25, -0.2) is 13.6 Å². The highest BCUT2D eigenvalue weighted by Gasteiger charge is 2.54. The summed E-state index contributed by atoms with van der Waals surface area (Å²) in [5, 5.41) is 10.7. The lowest BCUT2D eigenvalue weighted by atomic mass is 9.49. The Labute approximate surface area is 165 Å². The van der Waals surface area contributed by atoms with Crippen LogP contribution in [0.25, 0.3) is 0 Å². The first kappa shape index (κ1) is 19.4. The molecule has 152 valence electrons. The van der Waals surface area contributed by atoms with Crippen LogP contribution in [-0.4, -0.2) is 26.3 Å². The molecule has 0 heterocycles. The second-order valence-corrected chi connectivity index (χ2v) is 10.5. The zero-order chi connectivity index (χ0) is 20.1. The van der Waals surface area contributed by atoms with Crippen LogP contribution in [-0.2, 0) is 19.6 Å². The molecule has 2 amide bonds. The number of anilines is 1. The third-order valence-corrected chi connectivity index (χ3v) is 7.64. The molecule has 1 aromatic carbocycles. The molecular weight excluding hydrogens is 378 g/mol. The summed E-state index contributed by atoms with van der Waals surface area (Å²) in [5.74, 6) is 1.68. The lowest BCUT2D eigenvalue weighted by Crippen LogP contribution is -2.56. The Morgan fingerprint density at radius 3 is 2.00 bits per heavy atom. The molecule has 28 heavy (non-hydrogen) atoms. The average Bonchev–Trinajstić information content (AvgIpc) is 2.60. The van der Waals surface area contributed by atoms with Gasteiger partial charge in [-0.05, 0) is 87.5 Å². The average molecular weight is 406 g/mol. The third-order valence-electron chi connectivity index (χ3n) is 6.71. The van der Waals surface area contributed by atoms with Gasteiger partial charge in [-0.15, -0.1) is 0 Å². The van der Waals surface area contributed by atoms with Gasteiger partial charge in [-0.3, -0.25) is 9.59 Å². The Morgan fingerprint density at radius 1 is 1.04 bits per heavy atom. The highest BCUT2D eigenvalue weighted by molar-refractivity contribution is 7.89. The number of primary sulfonamides is 1. The van der Waals surface area contributed by atoms with Gasteiger partial charge in [0.25, 0.3) is 0 Å². The monoisotopic (exact) mass is 405 g/mol. The number of hydrogen-bond acceptors (Lipinski definition) is 4. The number of benzene rings is 1. The van der Waals surface area contributed by atoms with E-state index in [0.717, 1.165) is 19.3 Å². The number of nitrogens with two attached hydrogens (primary N) is 1.